The van der Waals surface area contributed by atoms with Crippen molar-refractivity contribution in [3.63, 3.8) is 0 Å². The summed E-state index contributed by atoms with van der Waals surface area (Å²) >= 11 is 0.862. The van der Waals surface area contributed by atoms with Gasteiger partial charge in [0.15, 0.2) is 0 Å². The number of hydrogen-bond donors (Lipinski definition) is 1. The SMILES string of the molecule is CCCc1ccc(NS(=O)(=O)c2ccc(-c3cc(C(F)(F)F)n(C)n3)s2)cc1. The lowest BCUT2D eigenvalue weighted by Crippen LogP contribution is -2.11. The third-order valence-electron chi connectivity index (χ3n) is 4.01. The molecular weight excluding hydrogens is 411 g/mol. The smallest absolute Gasteiger partial charge is 0.279 e. The third-order valence-corrected chi connectivity index (χ3v) is 6.99. The summed E-state index contributed by atoms with van der Waals surface area (Å²) in [5.41, 5.74) is 0.710. The Bertz CT molecular complexity index is 1070. The molecule has 3 aromatic rings. The average molecular weight is 429 g/mol. The van der Waals surface area contributed by atoms with E-state index in [1.54, 1.807) is 12.1 Å². The number of rotatable bonds is 6. The molecule has 0 radical (unpaired) electrons. The van der Waals surface area contributed by atoms with Crippen LogP contribution in [-0.4, -0.2) is 18.2 Å². The summed E-state index contributed by atoms with van der Waals surface area (Å²) in [6.07, 6.45) is -2.63. The molecule has 0 aliphatic heterocycles. The summed E-state index contributed by atoms with van der Waals surface area (Å²) in [4.78, 5) is 0.338. The molecule has 0 saturated heterocycles. The van der Waals surface area contributed by atoms with Gasteiger partial charge in [0.1, 0.15) is 15.6 Å². The first-order chi connectivity index (χ1) is 13.1. The number of hydrogen-bond acceptors (Lipinski definition) is 4. The van der Waals surface area contributed by atoms with Gasteiger partial charge in [-0.1, -0.05) is 25.5 Å². The highest BCUT2D eigenvalue weighted by atomic mass is 32.2. The fourth-order valence-corrected chi connectivity index (χ4v) is 5.01. The summed E-state index contributed by atoms with van der Waals surface area (Å²) in [7, 11) is -2.65. The van der Waals surface area contributed by atoms with Crippen molar-refractivity contribution in [1.82, 2.24) is 9.78 Å². The van der Waals surface area contributed by atoms with Gasteiger partial charge < -0.3 is 0 Å². The van der Waals surface area contributed by atoms with Crippen LogP contribution in [0.1, 0.15) is 24.6 Å². The molecular formula is C18H18F3N3O2S2. The summed E-state index contributed by atoms with van der Waals surface area (Å²) < 4.78 is 67.2. The Balaban J connectivity index is 1.82. The number of aryl methyl sites for hydroxylation is 2. The molecule has 3 rings (SSSR count). The van der Waals surface area contributed by atoms with Crippen LogP contribution >= 0.6 is 11.3 Å². The number of benzene rings is 1. The monoisotopic (exact) mass is 429 g/mol. The molecule has 0 fully saturated rings. The topological polar surface area (TPSA) is 64.0 Å². The quantitative estimate of drug-likeness (QED) is 0.605. The van der Waals surface area contributed by atoms with E-state index in [9.17, 15) is 21.6 Å². The minimum Gasteiger partial charge on any atom is -0.279 e. The molecule has 0 unspecified atom stereocenters. The van der Waals surface area contributed by atoms with Gasteiger partial charge in [0, 0.05) is 12.7 Å². The van der Waals surface area contributed by atoms with Gasteiger partial charge in [-0.2, -0.15) is 18.3 Å². The molecule has 0 amide bonds. The van der Waals surface area contributed by atoms with Crippen LogP contribution in [0.5, 0.6) is 0 Å². The molecule has 2 aromatic heterocycles. The van der Waals surface area contributed by atoms with Crippen molar-refractivity contribution in [3.8, 4) is 10.6 Å². The van der Waals surface area contributed by atoms with E-state index >= 15 is 0 Å². The molecule has 0 saturated carbocycles. The third kappa shape index (κ3) is 4.39. The molecule has 0 atom stereocenters. The second kappa shape index (κ2) is 7.59. The minimum absolute atomic E-state index is 0.000605. The molecule has 0 aliphatic rings. The Morgan fingerprint density at radius 2 is 1.82 bits per heavy atom. The lowest BCUT2D eigenvalue weighted by Gasteiger charge is -2.07. The summed E-state index contributed by atoms with van der Waals surface area (Å²) in [6.45, 7) is 2.06. The van der Waals surface area contributed by atoms with Crippen molar-refractivity contribution in [2.45, 2.75) is 30.2 Å². The normalized spacial score (nSPS) is 12.3. The van der Waals surface area contributed by atoms with Crippen molar-refractivity contribution in [1.29, 1.82) is 0 Å². The van der Waals surface area contributed by atoms with E-state index in [4.69, 9.17) is 0 Å². The Labute approximate surface area is 164 Å². The number of anilines is 1. The van der Waals surface area contributed by atoms with Crippen molar-refractivity contribution in [2.24, 2.45) is 7.05 Å². The lowest BCUT2D eigenvalue weighted by atomic mass is 10.1. The van der Waals surface area contributed by atoms with Gasteiger partial charge >= 0.3 is 6.18 Å². The van der Waals surface area contributed by atoms with Crippen molar-refractivity contribution < 1.29 is 21.6 Å². The van der Waals surface area contributed by atoms with Gasteiger partial charge in [0.05, 0.1) is 4.88 Å². The second-order valence-electron chi connectivity index (χ2n) is 6.21. The van der Waals surface area contributed by atoms with Crippen LogP contribution in [0.4, 0.5) is 18.9 Å². The maximum Gasteiger partial charge on any atom is 0.433 e. The standard InChI is InChI=1S/C18H18F3N3O2S2/c1-3-4-12-5-7-13(8-6-12)23-28(25,26)17-10-9-15(27-17)14-11-16(18(19,20)21)24(2)22-14/h5-11,23H,3-4H2,1-2H3. The van der Waals surface area contributed by atoms with Crippen molar-refractivity contribution in [2.75, 3.05) is 4.72 Å². The number of aromatic nitrogens is 2. The van der Waals surface area contributed by atoms with E-state index in [0.29, 0.717) is 10.6 Å². The summed E-state index contributed by atoms with van der Waals surface area (Å²) in [5.74, 6) is 0. The largest absolute Gasteiger partial charge is 0.433 e. The highest BCUT2D eigenvalue weighted by Gasteiger charge is 2.35. The highest BCUT2D eigenvalue weighted by Crippen LogP contribution is 2.35. The highest BCUT2D eigenvalue weighted by molar-refractivity contribution is 7.94. The zero-order valence-corrected chi connectivity index (χ0v) is 16.7. The molecule has 1 N–H and O–H groups in total. The Morgan fingerprint density at radius 3 is 2.39 bits per heavy atom. The molecule has 1 aromatic carbocycles. The molecule has 0 aliphatic carbocycles. The Kier molecular flexibility index (Phi) is 5.53. The number of sulfonamides is 1. The number of halogens is 3. The first kappa shape index (κ1) is 20.4. The van der Waals surface area contributed by atoms with Gasteiger partial charge in [-0.05, 0) is 42.3 Å². The van der Waals surface area contributed by atoms with E-state index in [1.807, 2.05) is 12.1 Å². The van der Waals surface area contributed by atoms with Crippen LogP contribution in [0.3, 0.4) is 0 Å². The zero-order chi connectivity index (χ0) is 20.5. The zero-order valence-electron chi connectivity index (χ0n) is 15.1. The average Bonchev–Trinajstić information content (AvgIpc) is 3.23. The molecule has 0 bridgehead atoms. The van der Waals surface area contributed by atoms with Crippen LogP contribution < -0.4 is 4.72 Å². The molecule has 0 spiro atoms. The van der Waals surface area contributed by atoms with Crippen LogP contribution in [0, 0.1) is 0 Å². The summed E-state index contributed by atoms with van der Waals surface area (Å²) in [6, 6.07) is 10.8. The molecule has 2 heterocycles. The van der Waals surface area contributed by atoms with Crippen molar-refractivity contribution >= 4 is 27.0 Å². The van der Waals surface area contributed by atoms with Gasteiger partial charge in [-0.15, -0.1) is 11.3 Å². The van der Waals surface area contributed by atoms with E-state index < -0.39 is 21.9 Å². The molecule has 5 nitrogen and oxygen atoms in total. The van der Waals surface area contributed by atoms with E-state index in [1.165, 1.54) is 19.2 Å². The van der Waals surface area contributed by atoms with E-state index in [-0.39, 0.29) is 9.90 Å². The number of nitrogens with one attached hydrogen (secondary N) is 1. The predicted molar refractivity (Wildman–Crippen MR) is 103 cm³/mol. The van der Waals surface area contributed by atoms with E-state index in [0.717, 1.165) is 40.5 Å². The van der Waals surface area contributed by atoms with Gasteiger partial charge in [-0.3, -0.25) is 9.40 Å². The fourth-order valence-electron chi connectivity index (χ4n) is 2.69. The Morgan fingerprint density at radius 1 is 1.14 bits per heavy atom. The summed E-state index contributed by atoms with van der Waals surface area (Å²) in [5, 5.41) is 3.85. The molecule has 28 heavy (non-hydrogen) atoms. The first-order valence-electron chi connectivity index (χ1n) is 8.43. The molecule has 10 heteroatoms. The fraction of sp³-hybridized carbons (Fsp3) is 0.278. The van der Waals surface area contributed by atoms with Gasteiger partial charge in [0.2, 0.25) is 0 Å². The number of alkyl halides is 3. The van der Waals surface area contributed by atoms with Crippen LogP contribution in [-0.2, 0) is 29.7 Å². The van der Waals surface area contributed by atoms with Crippen LogP contribution in [0.25, 0.3) is 10.6 Å². The second-order valence-corrected chi connectivity index (χ2v) is 9.20. The number of nitrogens with zero attached hydrogens (tertiary/aromatic N) is 2. The number of thiophene rings is 1. The van der Waals surface area contributed by atoms with Crippen LogP contribution in [0.2, 0.25) is 0 Å². The maximum absolute atomic E-state index is 12.9. The Hall–Kier alpha value is -2.33. The van der Waals surface area contributed by atoms with E-state index in [2.05, 4.69) is 16.7 Å². The van der Waals surface area contributed by atoms with Gasteiger partial charge in [0.25, 0.3) is 10.0 Å². The first-order valence-corrected chi connectivity index (χ1v) is 10.7. The minimum atomic E-state index is -4.53. The predicted octanol–water partition coefficient (Wildman–Crippen LogP) is 4.92. The maximum atomic E-state index is 12.9. The molecule has 150 valence electrons. The van der Waals surface area contributed by atoms with Crippen LogP contribution in [0.15, 0.2) is 46.7 Å². The lowest BCUT2D eigenvalue weighted by molar-refractivity contribution is -0.143. The van der Waals surface area contributed by atoms with Gasteiger partial charge in [-0.25, -0.2) is 8.42 Å². The van der Waals surface area contributed by atoms with Crippen molar-refractivity contribution in [3.05, 3.63) is 53.7 Å².